The fourth-order valence-electron chi connectivity index (χ4n) is 2.39. The lowest BCUT2D eigenvalue weighted by Gasteiger charge is -2.18. The smallest absolute Gasteiger partial charge is 0.274 e. The van der Waals surface area contributed by atoms with Crippen LogP contribution in [0.15, 0.2) is 29.1 Å². The number of hydrogen-bond acceptors (Lipinski definition) is 3. The third kappa shape index (κ3) is 3.19. The summed E-state index contributed by atoms with van der Waals surface area (Å²) >= 11 is 0. The second-order valence-corrected chi connectivity index (χ2v) is 6.26. The molecule has 0 aliphatic rings. The van der Waals surface area contributed by atoms with Crippen LogP contribution in [0.4, 0.5) is 0 Å². The van der Waals surface area contributed by atoms with E-state index in [2.05, 4.69) is 25.9 Å². The van der Waals surface area contributed by atoms with Crippen molar-refractivity contribution in [2.24, 2.45) is 5.73 Å². The molecule has 0 unspecified atom stereocenters. The van der Waals surface area contributed by atoms with E-state index in [0.717, 1.165) is 17.7 Å². The summed E-state index contributed by atoms with van der Waals surface area (Å²) < 4.78 is 1.53. The van der Waals surface area contributed by atoms with Gasteiger partial charge in [0.05, 0.1) is 5.69 Å². The lowest BCUT2D eigenvalue weighted by atomic mass is 9.88. The highest BCUT2D eigenvalue weighted by Crippen LogP contribution is 2.24. The van der Waals surface area contributed by atoms with Gasteiger partial charge in [0.15, 0.2) is 0 Å². The number of rotatable bonds is 4. The maximum absolute atomic E-state index is 12.7. The third-order valence-corrected chi connectivity index (χ3v) is 3.48. The third-order valence-electron chi connectivity index (χ3n) is 3.48. The number of nitrogens with two attached hydrogens (primary N) is 1. The van der Waals surface area contributed by atoms with Crippen LogP contribution in [0.5, 0.6) is 5.75 Å². The summed E-state index contributed by atoms with van der Waals surface area (Å²) in [4.78, 5) is 12.7. The number of hydrogen-bond donors (Lipinski definition) is 3. The quantitative estimate of drug-likeness (QED) is 0.805. The van der Waals surface area contributed by atoms with E-state index < -0.39 is 0 Å². The molecule has 2 rings (SSSR count). The van der Waals surface area contributed by atoms with Crippen LogP contribution in [0.2, 0.25) is 0 Å². The first-order chi connectivity index (χ1) is 9.84. The Hall–Kier alpha value is -2.01. The summed E-state index contributed by atoms with van der Waals surface area (Å²) in [5.74, 6) is 0.178. The highest BCUT2D eigenvalue weighted by molar-refractivity contribution is 5.38. The van der Waals surface area contributed by atoms with Crippen molar-refractivity contribution in [3.8, 4) is 11.4 Å². The largest absolute Gasteiger partial charge is 0.508 e. The van der Waals surface area contributed by atoms with Crippen molar-refractivity contribution in [2.75, 3.05) is 6.54 Å². The van der Waals surface area contributed by atoms with Crippen LogP contribution in [0, 0.1) is 0 Å². The molecule has 0 aliphatic carbocycles. The zero-order valence-corrected chi connectivity index (χ0v) is 12.8. The Morgan fingerprint density at radius 1 is 1.24 bits per heavy atom. The molecule has 0 atom stereocenters. The highest BCUT2D eigenvalue weighted by atomic mass is 16.3. The van der Waals surface area contributed by atoms with Gasteiger partial charge in [-0.15, -0.1) is 0 Å². The van der Waals surface area contributed by atoms with Gasteiger partial charge in [0, 0.05) is 16.7 Å². The molecule has 0 bridgehead atoms. The Morgan fingerprint density at radius 2 is 1.86 bits per heavy atom. The first kappa shape index (κ1) is 15.4. The van der Waals surface area contributed by atoms with E-state index in [1.165, 1.54) is 4.68 Å². The van der Waals surface area contributed by atoms with Crippen molar-refractivity contribution in [1.29, 1.82) is 0 Å². The predicted molar refractivity (Wildman–Crippen MR) is 84.1 cm³/mol. The highest BCUT2D eigenvalue weighted by Gasteiger charge is 2.24. The zero-order valence-electron chi connectivity index (χ0n) is 12.8. The lowest BCUT2D eigenvalue weighted by molar-refractivity contribution is 0.475. The Balaban J connectivity index is 2.55. The van der Waals surface area contributed by atoms with Gasteiger partial charge >= 0.3 is 0 Å². The van der Waals surface area contributed by atoms with Crippen LogP contribution >= 0.6 is 0 Å². The predicted octanol–water partition coefficient (Wildman–Crippen LogP) is 2.06. The Kier molecular flexibility index (Phi) is 4.23. The van der Waals surface area contributed by atoms with Crippen LogP contribution in [-0.2, 0) is 11.8 Å². The molecule has 0 saturated heterocycles. The van der Waals surface area contributed by atoms with Gasteiger partial charge in [-0.2, -0.15) is 0 Å². The average molecular weight is 289 g/mol. The van der Waals surface area contributed by atoms with E-state index in [0.29, 0.717) is 18.7 Å². The molecule has 114 valence electrons. The van der Waals surface area contributed by atoms with Crippen LogP contribution in [-0.4, -0.2) is 21.4 Å². The molecule has 21 heavy (non-hydrogen) atoms. The molecule has 0 radical (unpaired) electrons. The molecule has 0 amide bonds. The Labute approximate surface area is 124 Å². The normalized spacial score (nSPS) is 11.8. The number of phenols is 1. The van der Waals surface area contributed by atoms with Crippen molar-refractivity contribution in [2.45, 2.75) is 39.0 Å². The fraction of sp³-hybridized carbons (Fsp3) is 0.438. The van der Waals surface area contributed by atoms with E-state index in [9.17, 15) is 9.90 Å². The molecule has 0 saturated carbocycles. The summed E-state index contributed by atoms with van der Waals surface area (Å²) in [5.41, 5.74) is 7.83. The number of nitrogens with zero attached hydrogens (tertiary/aromatic N) is 1. The van der Waals surface area contributed by atoms with Crippen LogP contribution in [0.1, 0.15) is 38.4 Å². The molecule has 4 N–H and O–H groups in total. The van der Waals surface area contributed by atoms with E-state index >= 15 is 0 Å². The SMILES string of the molecule is CC(C)(C)c1[nH]n(-c2ccc(O)cc2)c(=O)c1CCCN. The number of nitrogens with one attached hydrogen (secondary N) is 1. The first-order valence-electron chi connectivity index (χ1n) is 7.18. The van der Waals surface area contributed by atoms with E-state index in [1.54, 1.807) is 24.3 Å². The van der Waals surface area contributed by atoms with Gasteiger partial charge in [-0.1, -0.05) is 20.8 Å². The number of H-pyrrole nitrogens is 1. The zero-order chi connectivity index (χ0) is 15.6. The van der Waals surface area contributed by atoms with Crippen LogP contribution < -0.4 is 11.3 Å². The molecule has 0 aliphatic heterocycles. The van der Waals surface area contributed by atoms with Crippen molar-refractivity contribution in [3.63, 3.8) is 0 Å². The molecule has 1 aromatic heterocycles. The monoisotopic (exact) mass is 289 g/mol. The molecule has 1 heterocycles. The van der Waals surface area contributed by atoms with Gasteiger partial charge in [-0.05, 0) is 43.7 Å². The standard InChI is InChI=1S/C16H23N3O2/c1-16(2,3)14-13(5-4-10-17)15(21)19(18-14)11-6-8-12(20)9-7-11/h6-9,18,20H,4-5,10,17H2,1-3H3. The maximum atomic E-state index is 12.7. The molecule has 0 spiro atoms. The first-order valence-corrected chi connectivity index (χ1v) is 7.18. The van der Waals surface area contributed by atoms with E-state index in [1.807, 2.05) is 0 Å². The minimum Gasteiger partial charge on any atom is -0.508 e. The molecule has 5 nitrogen and oxygen atoms in total. The van der Waals surface area contributed by atoms with Crippen molar-refractivity contribution < 1.29 is 5.11 Å². The van der Waals surface area contributed by atoms with Crippen molar-refractivity contribution in [3.05, 3.63) is 45.9 Å². The summed E-state index contributed by atoms with van der Waals surface area (Å²) in [6.07, 6.45) is 1.45. The van der Waals surface area contributed by atoms with Gasteiger partial charge in [0.25, 0.3) is 5.56 Å². The maximum Gasteiger partial charge on any atom is 0.274 e. The summed E-state index contributed by atoms with van der Waals surface area (Å²) in [6.45, 7) is 6.79. The van der Waals surface area contributed by atoms with E-state index in [-0.39, 0.29) is 16.7 Å². The minimum absolute atomic E-state index is 0.0425. The van der Waals surface area contributed by atoms with Crippen LogP contribution in [0.25, 0.3) is 5.69 Å². The van der Waals surface area contributed by atoms with E-state index in [4.69, 9.17) is 5.73 Å². The van der Waals surface area contributed by atoms with Crippen molar-refractivity contribution in [1.82, 2.24) is 9.78 Å². The average Bonchev–Trinajstić information content (AvgIpc) is 2.74. The molecular weight excluding hydrogens is 266 g/mol. The van der Waals surface area contributed by atoms with Crippen LogP contribution in [0.3, 0.4) is 0 Å². The molecule has 1 aromatic carbocycles. The molecule has 2 aromatic rings. The Bertz CT molecular complexity index is 660. The van der Waals surface area contributed by atoms with Gasteiger partial charge < -0.3 is 10.8 Å². The Morgan fingerprint density at radius 3 is 2.38 bits per heavy atom. The second-order valence-electron chi connectivity index (χ2n) is 6.26. The minimum atomic E-state index is -0.148. The number of phenolic OH excluding ortho intramolecular Hbond substituents is 1. The number of benzene rings is 1. The second kappa shape index (κ2) is 5.77. The number of aromatic amines is 1. The summed E-state index contributed by atoms with van der Waals surface area (Å²) in [5, 5.41) is 12.6. The van der Waals surface area contributed by atoms with Gasteiger partial charge in [0.2, 0.25) is 0 Å². The fourth-order valence-corrected chi connectivity index (χ4v) is 2.39. The molecular formula is C16H23N3O2. The van der Waals surface area contributed by atoms with Gasteiger partial charge in [0.1, 0.15) is 5.75 Å². The molecule has 5 heteroatoms. The summed E-state index contributed by atoms with van der Waals surface area (Å²) in [6, 6.07) is 6.57. The number of aromatic nitrogens is 2. The molecule has 0 fully saturated rings. The van der Waals surface area contributed by atoms with Crippen molar-refractivity contribution >= 4 is 0 Å². The topological polar surface area (TPSA) is 84.0 Å². The summed E-state index contributed by atoms with van der Waals surface area (Å²) in [7, 11) is 0. The lowest BCUT2D eigenvalue weighted by Crippen LogP contribution is -2.19. The number of aromatic hydroxyl groups is 1. The van der Waals surface area contributed by atoms with Gasteiger partial charge in [-0.3, -0.25) is 9.89 Å². The van der Waals surface area contributed by atoms with Gasteiger partial charge in [-0.25, -0.2) is 4.68 Å².